The van der Waals surface area contributed by atoms with E-state index in [9.17, 15) is 29.4 Å². The summed E-state index contributed by atoms with van der Waals surface area (Å²) in [6, 6.07) is 29.1. The number of ether oxygens (including phenoxy) is 4. The van der Waals surface area contributed by atoms with Crippen molar-refractivity contribution < 1.29 is 48.3 Å². The maximum atomic E-state index is 14.3. The van der Waals surface area contributed by atoms with E-state index >= 15 is 0 Å². The molecule has 0 aromatic heterocycles. The van der Waals surface area contributed by atoms with Crippen LogP contribution in [0, 0.1) is 16.7 Å². The largest absolute Gasteiger partial charge is 0.455 e. The minimum absolute atomic E-state index is 0.240. The first-order valence-electron chi connectivity index (χ1n) is 19.1. The van der Waals surface area contributed by atoms with Gasteiger partial charge in [-0.25, -0.2) is 4.79 Å². The number of carbonyl (C=O) groups excluding carboxylic acids is 4. The maximum absolute atomic E-state index is 14.3. The van der Waals surface area contributed by atoms with E-state index in [1.807, 2.05) is 105 Å². The molecule has 56 heavy (non-hydrogen) atoms. The van der Waals surface area contributed by atoms with Crippen LogP contribution in [-0.2, 0) is 43.7 Å². The summed E-state index contributed by atoms with van der Waals surface area (Å²) in [7, 11) is 0. The van der Waals surface area contributed by atoms with Crippen LogP contribution in [0.2, 0.25) is 0 Å². The highest BCUT2D eigenvalue weighted by atomic mass is 16.6. The number of nitrogens with one attached hydrogen (secondary N) is 1. The van der Waals surface area contributed by atoms with Crippen molar-refractivity contribution in [3.05, 3.63) is 120 Å². The molecular formula is C45H53NO10. The molecule has 3 fully saturated rings. The lowest BCUT2D eigenvalue weighted by Gasteiger charge is -2.71. The first-order valence-corrected chi connectivity index (χ1v) is 19.1. The SMILES string of the molecule is C=C[C@@]1(C)CC(=O)[C@]2(O)[C@@]3(C)[C@@H](O)CCC(C)(C)[C@@H]3[C@H](OC(=O)COC(=O)CNC(c3ccccc3)(c3ccccc3)c3ccccc3)[C@H](OC(C)=O)[C@@]2(C)O1. The molecule has 0 radical (unpaired) electrons. The molecule has 3 N–H and O–H groups in total. The molecule has 3 aliphatic rings. The van der Waals surface area contributed by atoms with Gasteiger partial charge >= 0.3 is 17.9 Å². The molecular weight excluding hydrogens is 714 g/mol. The van der Waals surface area contributed by atoms with Crippen molar-refractivity contribution in [1.29, 1.82) is 0 Å². The van der Waals surface area contributed by atoms with Crippen molar-refractivity contribution in [2.75, 3.05) is 13.2 Å². The van der Waals surface area contributed by atoms with E-state index in [2.05, 4.69) is 11.9 Å². The average Bonchev–Trinajstić information content (AvgIpc) is 3.17. The van der Waals surface area contributed by atoms with Gasteiger partial charge < -0.3 is 29.2 Å². The van der Waals surface area contributed by atoms with Crippen LogP contribution in [0.15, 0.2) is 104 Å². The normalized spacial score (nSPS) is 32.2. The van der Waals surface area contributed by atoms with Gasteiger partial charge in [-0.05, 0) is 48.8 Å². The van der Waals surface area contributed by atoms with E-state index in [0.717, 1.165) is 16.7 Å². The second-order valence-electron chi connectivity index (χ2n) is 16.7. The molecule has 0 amide bonds. The van der Waals surface area contributed by atoms with Gasteiger partial charge in [0.25, 0.3) is 0 Å². The van der Waals surface area contributed by atoms with Crippen LogP contribution in [0.4, 0.5) is 0 Å². The lowest BCUT2D eigenvalue weighted by Crippen LogP contribution is -2.87. The summed E-state index contributed by atoms with van der Waals surface area (Å²) in [5.74, 6) is -4.00. The standard InChI is InChI=1S/C45H53NO10/c1-8-41(5)26-34(49)45(52)42(6)33(48)24-25-40(3,4)38(42)37(39(54-29(2)47)43(45,7)56-41)55-36(51)28-53-35(50)27-46-44(30-18-12-9-13-19-30,31-20-14-10-15-21-31)32-22-16-11-17-23-32/h8-23,33,37-39,46,48,52H,1,24-28H2,2-7H3/t33-,37-,38-,39-,41-,42-,43+,45-/m0/s1. The number of hydrogen-bond acceptors (Lipinski definition) is 11. The Kier molecular flexibility index (Phi) is 11.0. The summed E-state index contributed by atoms with van der Waals surface area (Å²) in [4.78, 5) is 54.5. The Balaban J connectivity index is 1.30. The molecule has 8 atom stereocenters. The third kappa shape index (κ3) is 6.58. The number of hydrogen-bond donors (Lipinski definition) is 3. The molecule has 0 spiro atoms. The summed E-state index contributed by atoms with van der Waals surface area (Å²) >= 11 is 0. The number of aliphatic hydroxyl groups excluding tert-OH is 1. The van der Waals surface area contributed by atoms with Crippen LogP contribution in [0.1, 0.15) is 77.5 Å². The molecule has 1 heterocycles. The Morgan fingerprint density at radius 3 is 1.88 bits per heavy atom. The molecule has 0 bridgehead atoms. The summed E-state index contributed by atoms with van der Waals surface area (Å²) in [6.07, 6.45) is -2.22. The maximum Gasteiger partial charge on any atom is 0.344 e. The first kappa shape index (κ1) is 41.0. The number of Topliss-reactive ketones (excluding diaryl/α,β-unsaturated/α-hetero) is 1. The Labute approximate surface area is 328 Å². The van der Waals surface area contributed by atoms with Gasteiger partial charge in [-0.2, -0.15) is 0 Å². The predicted molar refractivity (Wildman–Crippen MR) is 207 cm³/mol. The summed E-state index contributed by atoms with van der Waals surface area (Å²) in [5, 5.41) is 28.0. The smallest absolute Gasteiger partial charge is 0.344 e. The van der Waals surface area contributed by atoms with E-state index in [0.29, 0.717) is 6.42 Å². The molecule has 11 nitrogen and oxygen atoms in total. The molecule has 1 aliphatic heterocycles. The second-order valence-corrected chi connectivity index (χ2v) is 16.7. The number of fused-ring (bicyclic) bond motifs is 3. The minimum Gasteiger partial charge on any atom is -0.455 e. The van der Waals surface area contributed by atoms with E-state index in [1.54, 1.807) is 13.8 Å². The fourth-order valence-electron chi connectivity index (χ4n) is 10.2. The Hall–Kier alpha value is -4.68. The van der Waals surface area contributed by atoms with E-state index < -0.39 is 87.7 Å². The fraction of sp³-hybridized carbons (Fsp3) is 0.467. The van der Waals surface area contributed by atoms with Crippen molar-refractivity contribution in [2.24, 2.45) is 16.7 Å². The molecule has 2 aliphatic carbocycles. The highest BCUT2D eigenvalue weighted by Gasteiger charge is 2.82. The number of benzene rings is 3. The Morgan fingerprint density at radius 1 is 0.875 bits per heavy atom. The lowest BCUT2D eigenvalue weighted by molar-refractivity contribution is -0.371. The van der Waals surface area contributed by atoms with Crippen LogP contribution in [0.25, 0.3) is 0 Å². The first-order chi connectivity index (χ1) is 26.4. The molecule has 3 aromatic rings. The van der Waals surface area contributed by atoms with Gasteiger partial charge in [0.15, 0.2) is 24.1 Å². The topological polar surface area (TPSA) is 158 Å². The van der Waals surface area contributed by atoms with Crippen LogP contribution in [-0.4, -0.2) is 82.2 Å². The van der Waals surface area contributed by atoms with Gasteiger partial charge in [0.1, 0.15) is 11.7 Å². The molecule has 2 saturated carbocycles. The summed E-state index contributed by atoms with van der Waals surface area (Å²) in [6.45, 7) is 12.4. The van der Waals surface area contributed by atoms with Crippen molar-refractivity contribution in [3.63, 3.8) is 0 Å². The van der Waals surface area contributed by atoms with Gasteiger partial charge in [-0.1, -0.05) is 118 Å². The molecule has 0 unspecified atom stereocenters. The Bertz CT molecular complexity index is 1860. The third-order valence-corrected chi connectivity index (χ3v) is 12.7. The third-order valence-electron chi connectivity index (χ3n) is 12.7. The van der Waals surface area contributed by atoms with Crippen LogP contribution < -0.4 is 5.32 Å². The monoisotopic (exact) mass is 767 g/mol. The zero-order valence-corrected chi connectivity index (χ0v) is 33.0. The van der Waals surface area contributed by atoms with Gasteiger partial charge in [0, 0.05) is 24.7 Å². The quantitative estimate of drug-likeness (QED) is 0.102. The number of aliphatic hydroxyl groups is 2. The molecule has 1 saturated heterocycles. The molecule has 298 valence electrons. The minimum atomic E-state index is -2.38. The summed E-state index contributed by atoms with van der Waals surface area (Å²) in [5.41, 5.74) is -6.42. The van der Waals surface area contributed by atoms with Gasteiger partial charge in [0.2, 0.25) is 0 Å². The van der Waals surface area contributed by atoms with Crippen molar-refractivity contribution in [2.45, 2.75) is 101 Å². The predicted octanol–water partition coefficient (Wildman–Crippen LogP) is 5.20. The summed E-state index contributed by atoms with van der Waals surface area (Å²) < 4.78 is 24.2. The number of esters is 3. The lowest BCUT2D eigenvalue weighted by atomic mass is 9.39. The van der Waals surface area contributed by atoms with Crippen molar-refractivity contribution in [1.82, 2.24) is 5.32 Å². The average molecular weight is 768 g/mol. The molecule has 3 aromatic carbocycles. The molecule has 11 heteroatoms. The van der Waals surface area contributed by atoms with E-state index in [1.165, 1.54) is 19.9 Å². The fourth-order valence-corrected chi connectivity index (χ4v) is 10.2. The number of carbonyl (C=O) groups is 4. The number of rotatable bonds is 11. The van der Waals surface area contributed by atoms with Crippen molar-refractivity contribution in [3.8, 4) is 0 Å². The van der Waals surface area contributed by atoms with Crippen LogP contribution in [0.3, 0.4) is 0 Å². The van der Waals surface area contributed by atoms with Gasteiger partial charge in [0.05, 0.1) is 23.8 Å². The van der Waals surface area contributed by atoms with Crippen LogP contribution >= 0.6 is 0 Å². The van der Waals surface area contributed by atoms with Crippen LogP contribution in [0.5, 0.6) is 0 Å². The second kappa shape index (κ2) is 15.0. The molecule has 6 rings (SSSR count). The highest BCUT2D eigenvalue weighted by Crippen LogP contribution is 2.67. The van der Waals surface area contributed by atoms with E-state index in [4.69, 9.17) is 18.9 Å². The van der Waals surface area contributed by atoms with Gasteiger partial charge in [-0.3, -0.25) is 19.7 Å². The Morgan fingerprint density at radius 2 is 1.39 bits per heavy atom. The highest BCUT2D eigenvalue weighted by molar-refractivity contribution is 5.92. The zero-order chi connectivity index (χ0) is 40.7. The zero-order valence-electron chi connectivity index (χ0n) is 33.0. The number of ketones is 1. The van der Waals surface area contributed by atoms with Crippen molar-refractivity contribution >= 4 is 23.7 Å². The van der Waals surface area contributed by atoms with E-state index in [-0.39, 0.29) is 19.4 Å². The van der Waals surface area contributed by atoms with Gasteiger partial charge in [-0.15, -0.1) is 6.58 Å².